The molecule has 0 bridgehead atoms. The predicted octanol–water partition coefficient (Wildman–Crippen LogP) is 8.71. The zero-order valence-electron chi connectivity index (χ0n) is 15.7. The van der Waals surface area contributed by atoms with Gasteiger partial charge in [0.05, 0.1) is 0 Å². The van der Waals surface area contributed by atoms with Gasteiger partial charge in [0.25, 0.3) is 0 Å². The van der Waals surface area contributed by atoms with Gasteiger partial charge in [0.1, 0.15) is 0 Å². The molecule has 4 aromatic carbocycles. The molecule has 0 fully saturated rings. The van der Waals surface area contributed by atoms with Crippen LogP contribution in [0, 0.1) is 13.8 Å². The van der Waals surface area contributed by atoms with Gasteiger partial charge >= 0.3 is 0 Å². The first-order valence-electron chi connectivity index (χ1n) is 9.52. The Morgan fingerprint density at radius 3 is 1.61 bits per heavy atom. The molecule has 0 unspecified atom stereocenters. The Kier molecular flexibility index (Phi) is 3.44. The van der Waals surface area contributed by atoms with Crippen molar-refractivity contribution in [1.82, 2.24) is 0 Å². The fraction of sp³-hybridized carbons (Fsp3) is 0.0769. The molecule has 0 aliphatic carbocycles. The topological polar surface area (TPSA) is 0 Å². The van der Waals surface area contributed by atoms with Gasteiger partial charge in [-0.25, -0.2) is 0 Å². The molecule has 28 heavy (non-hydrogen) atoms. The van der Waals surface area contributed by atoms with Crippen LogP contribution in [0.25, 0.3) is 51.5 Å². The molecule has 2 aromatic heterocycles. The first-order chi connectivity index (χ1) is 13.7. The summed E-state index contributed by atoms with van der Waals surface area (Å²) in [5.74, 6) is 0. The second kappa shape index (κ2) is 5.91. The Hall–Kier alpha value is -2.68. The molecule has 6 aromatic rings. The Balaban J connectivity index is 1.60. The molecule has 0 atom stereocenters. The molecule has 0 saturated heterocycles. The van der Waals surface area contributed by atoms with Crippen LogP contribution in [0.3, 0.4) is 0 Å². The highest BCUT2D eigenvalue weighted by molar-refractivity contribution is 7.27. The van der Waals surface area contributed by atoms with Crippen molar-refractivity contribution < 1.29 is 0 Å². The number of hydrogen-bond donors (Lipinski definition) is 0. The molecule has 0 saturated carbocycles. The molecule has 2 heterocycles. The summed E-state index contributed by atoms with van der Waals surface area (Å²) in [5, 5.41) is 5.51. The Morgan fingerprint density at radius 2 is 0.929 bits per heavy atom. The van der Waals surface area contributed by atoms with E-state index >= 15 is 0 Å². The number of thiophene rings is 2. The maximum absolute atomic E-state index is 2.40. The normalized spacial score (nSPS) is 11.9. The third-order valence-electron chi connectivity index (χ3n) is 5.61. The molecule has 134 valence electrons. The maximum Gasteiger partial charge on any atom is 0.0362 e. The summed E-state index contributed by atoms with van der Waals surface area (Å²) in [7, 11) is 0. The lowest BCUT2D eigenvalue weighted by atomic mass is 10.0. The molecule has 2 heteroatoms. The average molecular weight is 395 g/mol. The first-order valence-corrected chi connectivity index (χ1v) is 11.2. The van der Waals surface area contributed by atoms with E-state index < -0.39 is 0 Å². The standard InChI is InChI=1S/C26H18S2/c1-15-3-6-17(7-4-15)18-8-10-20-22-14-25-21(13-26(22)28-24(20)12-18)19-9-5-16(2)11-23(19)27-25/h3-14H,1-2H3. The van der Waals surface area contributed by atoms with Crippen LogP contribution < -0.4 is 0 Å². The second-order valence-electron chi connectivity index (χ2n) is 7.63. The van der Waals surface area contributed by atoms with Gasteiger partial charge in [0, 0.05) is 40.3 Å². The lowest BCUT2D eigenvalue weighted by Crippen LogP contribution is -1.78. The van der Waals surface area contributed by atoms with Gasteiger partial charge < -0.3 is 0 Å². The third kappa shape index (κ3) is 2.42. The Bertz CT molecular complexity index is 1510. The lowest BCUT2D eigenvalue weighted by molar-refractivity contribution is 1.47. The van der Waals surface area contributed by atoms with Crippen LogP contribution in [-0.4, -0.2) is 0 Å². The van der Waals surface area contributed by atoms with E-state index in [4.69, 9.17) is 0 Å². The third-order valence-corrected chi connectivity index (χ3v) is 7.84. The predicted molar refractivity (Wildman–Crippen MR) is 127 cm³/mol. The Labute approximate surface area is 171 Å². The van der Waals surface area contributed by atoms with E-state index in [0.717, 1.165) is 0 Å². The first kappa shape index (κ1) is 16.3. The van der Waals surface area contributed by atoms with Gasteiger partial charge in [0.15, 0.2) is 0 Å². The van der Waals surface area contributed by atoms with Crippen LogP contribution in [0.2, 0.25) is 0 Å². The van der Waals surface area contributed by atoms with E-state index in [0.29, 0.717) is 0 Å². The highest BCUT2D eigenvalue weighted by atomic mass is 32.1. The van der Waals surface area contributed by atoms with Crippen molar-refractivity contribution in [2.45, 2.75) is 13.8 Å². The minimum atomic E-state index is 1.28. The zero-order valence-corrected chi connectivity index (χ0v) is 17.4. The highest BCUT2D eigenvalue weighted by Crippen LogP contribution is 2.42. The molecular formula is C26H18S2. The van der Waals surface area contributed by atoms with Gasteiger partial charge in [-0.15, -0.1) is 22.7 Å². The summed E-state index contributed by atoms with van der Waals surface area (Å²) < 4.78 is 5.52. The zero-order chi connectivity index (χ0) is 18.8. The van der Waals surface area contributed by atoms with E-state index in [1.54, 1.807) is 0 Å². The van der Waals surface area contributed by atoms with E-state index in [9.17, 15) is 0 Å². The summed E-state index contributed by atoms with van der Waals surface area (Å²) in [6.07, 6.45) is 0. The van der Waals surface area contributed by atoms with Gasteiger partial charge in [-0.1, -0.05) is 54.1 Å². The Morgan fingerprint density at radius 1 is 0.429 bits per heavy atom. The molecule has 0 radical (unpaired) electrons. The maximum atomic E-state index is 2.40. The molecule has 6 rings (SSSR count). The number of hydrogen-bond acceptors (Lipinski definition) is 2. The fourth-order valence-electron chi connectivity index (χ4n) is 4.08. The second-order valence-corrected chi connectivity index (χ2v) is 9.79. The average Bonchev–Trinajstić information content (AvgIpc) is 3.22. The van der Waals surface area contributed by atoms with Gasteiger partial charge in [-0.3, -0.25) is 0 Å². The van der Waals surface area contributed by atoms with Gasteiger partial charge in [-0.2, -0.15) is 0 Å². The molecule has 0 N–H and O–H groups in total. The van der Waals surface area contributed by atoms with E-state index in [-0.39, 0.29) is 0 Å². The summed E-state index contributed by atoms with van der Waals surface area (Å²) in [5.41, 5.74) is 5.21. The van der Waals surface area contributed by atoms with Crippen LogP contribution in [0.15, 0.2) is 72.8 Å². The van der Waals surface area contributed by atoms with Crippen LogP contribution in [0.4, 0.5) is 0 Å². The quantitative estimate of drug-likeness (QED) is 0.261. The van der Waals surface area contributed by atoms with Crippen molar-refractivity contribution >= 4 is 63.0 Å². The number of rotatable bonds is 1. The molecule has 0 amide bonds. The van der Waals surface area contributed by atoms with Crippen molar-refractivity contribution in [3.8, 4) is 11.1 Å². The van der Waals surface area contributed by atoms with Crippen LogP contribution in [-0.2, 0) is 0 Å². The minimum absolute atomic E-state index is 1.28. The monoisotopic (exact) mass is 394 g/mol. The molecular weight excluding hydrogens is 376 g/mol. The van der Waals surface area contributed by atoms with Crippen molar-refractivity contribution in [2.75, 3.05) is 0 Å². The smallest absolute Gasteiger partial charge is 0.0362 e. The van der Waals surface area contributed by atoms with Crippen molar-refractivity contribution in [3.63, 3.8) is 0 Å². The number of aryl methyl sites for hydroxylation is 2. The summed E-state index contributed by atoms with van der Waals surface area (Å²) in [6, 6.07) is 27.3. The molecule has 0 aliphatic heterocycles. The summed E-state index contributed by atoms with van der Waals surface area (Å²) in [4.78, 5) is 0. The highest BCUT2D eigenvalue weighted by Gasteiger charge is 2.11. The molecule has 0 nitrogen and oxygen atoms in total. The summed E-state index contributed by atoms with van der Waals surface area (Å²) in [6.45, 7) is 4.30. The van der Waals surface area contributed by atoms with Crippen LogP contribution in [0.5, 0.6) is 0 Å². The van der Waals surface area contributed by atoms with Gasteiger partial charge in [0.2, 0.25) is 0 Å². The summed E-state index contributed by atoms with van der Waals surface area (Å²) >= 11 is 3.82. The number of fused-ring (bicyclic) bond motifs is 6. The van der Waals surface area contributed by atoms with E-state index in [2.05, 4.69) is 86.6 Å². The fourth-order valence-corrected chi connectivity index (χ4v) is 6.47. The molecule has 0 aliphatic rings. The van der Waals surface area contributed by atoms with Gasteiger partial charge in [-0.05, 0) is 54.8 Å². The van der Waals surface area contributed by atoms with Crippen molar-refractivity contribution in [1.29, 1.82) is 0 Å². The SMILES string of the molecule is Cc1ccc(-c2ccc3c(c2)sc2cc4c(cc23)sc2cc(C)ccc24)cc1. The van der Waals surface area contributed by atoms with Crippen LogP contribution >= 0.6 is 22.7 Å². The van der Waals surface area contributed by atoms with Crippen LogP contribution in [0.1, 0.15) is 11.1 Å². The van der Waals surface area contributed by atoms with E-state index in [1.165, 1.54) is 62.6 Å². The van der Waals surface area contributed by atoms with E-state index in [1.807, 2.05) is 22.7 Å². The lowest BCUT2D eigenvalue weighted by Gasteiger charge is -2.02. The van der Waals surface area contributed by atoms with Crippen molar-refractivity contribution in [2.24, 2.45) is 0 Å². The molecule has 0 spiro atoms. The number of benzene rings is 4. The van der Waals surface area contributed by atoms with Crippen molar-refractivity contribution in [3.05, 3.63) is 83.9 Å². The minimum Gasteiger partial charge on any atom is -0.135 e. The largest absolute Gasteiger partial charge is 0.135 e.